The van der Waals surface area contributed by atoms with Crippen LogP contribution >= 0.6 is 0 Å². The summed E-state index contributed by atoms with van der Waals surface area (Å²) in [6.45, 7) is 6.18. The van der Waals surface area contributed by atoms with Gasteiger partial charge in [0, 0.05) is 29.5 Å². The van der Waals surface area contributed by atoms with Crippen molar-refractivity contribution in [1.29, 1.82) is 0 Å². The Morgan fingerprint density at radius 1 is 1.22 bits per heavy atom. The van der Waals surface area contributed by atoms with Gasteiger partial charge in [0.15, 0.2) is 0 Å². The van der Waals surface area contributed by atoms with Crippen molar-refractivity contribution >= 4 is 28.4 Å². The second-order valence-corrected chi connectivity index (χ2v) is 5.69. The summed E-state index contributed by atoms with van der Waals surface area (Å²) in [6.07, 6.45) is 4.68. The molecule has 0 aliphatic heterocycles. The van der Waals surface area contributed by atoms with Crippen molar-refractivity contribution in [3.05, 3.63) is 41.9 Å². The van der Waals surface area contributed by atoms with Gasteiger partial charge in [-0.25, -0.2) is 9.97 Å². The summed E-state index contributed by atoms with van der Waals surface area (Å²) >= 11 is 0. The van der Waals surface area contributed by atoms with E-state index < -0.39 is 5.91 Å². The summed E-state index contributed by atoms with van der Waals surface area (Å²) in [6, 6.07) is 4.37. The SMILES string of the molecule is Cc1cc2cnn(C(C)C)c2cc1Nc1ncc(C(N)=O)cn1. The van der Waals surface area contributed by atoms with Gasteiger partial charge in [-0.3, -0.25) is 9.48 Å². The molecule has 0 bridgehead atoms. The molecule has 3 rings (SSSR count). The number of primary amides is 1. The van der Waals surface area contributed by atoms with Crippen molar-refractivity contribution < 1.29 is 4.79 Å². The molecular weight excluding hydrogens is 292 g/mol. The Morgan fingerprint density at radius 2 is 1.91 bits per heavy atom. The van der Waals surface area contributed by atoms with Crippen molar-refractivity contribution in [3.63, 3.8) is 0 Å². The minimum absolute atomic E-state index is 0.272. The molecule has 0 radical (unpaired) electrons. The number of carbonyl (C=O) groups is 1. The number of hydrogen-bond acceptors (Lipinski definition) is 5. The van der Waals surface area contributed by atoms with Gasteiger partial charge < -0.3 is 11.1 Å². The Morgan fingerprint density at radius 3 is 2.52 bits per heavy atom. The fraction of sp³-hybridized carbons (Fsp3) is 0.250. The smallest absolute Gasteiger partial charge is 0.251 e. The van der Waals surface area contributed by atoms with E-state index in [2.05, 4.69) is 40.3 Å². The molecular formula is C16H18N6O. The zero-order valence-electron chi connectivity index (χ0n) is 13.2. The van der Waals surface area contributed by atoms with Crippen LogP contribution in [0, 0.1) is 6.92 Å². The number of carbonyl (C=O) groups excluding carboxylic acids is 1. The normalized spacial score (nSPS) is 11.1. The number of aryl methyl sites for hydroxylation is 1. The van der Waals surface area contributed by atoms with E-state index in [4.69, 9.17) is 5.73 Å². The van der Waals surface area contributed by atoms with Gasteiger partial charge >= 0.3 is 0 Å². The van der Waals surface area contributed by atoms with Gasteiger partial charge in [0.1, 0.15) is 0 Å². The van der Waals surface area contributed by atoms with Crippen molar-refractivity contribution in [2.75, 3.05) is 5.32 Å². The Balaban J connectivity index is 1.97. The van der Waals surface area contributed by atoms with E-state index in [-0.39, 0.29) is 11.6 Å². The number of aromatic nitrogens is 4. The number of nitrogens with two attached hydrogens (primary N) is 1. The maximum absolute atomic E-state index is 11.1. The molecule has 0 aliphatic carbocycles. The molecule has 0 atom stereocenters. The standard InChI is InChI=1S/C16H18N6O/c1-9(2)22-14-5-13(10(3)4-11(14)8-20-22)21-16-18-6-12(7-19-16)15(17)23/h4-9H,1-3H3,(H2,17,23)(H,18,19,21). The number of rotatable bonds is 4. The molecule has 7 nitrogen and oxygen atoms in total. The number of benzene rings is 1. The molecule has 23 heavy (non-hydrogen) atoms. The predicted octanol–water partition coefficient (Wildman–Crippen LogP) is 2.56. The van der Waals surface area contributed by atoms with Gasteiger partial charge in [-0.2, -0.15) is 5.10 Å². The number of nitrogens with one attached hydrogen (secondary N) is 1. The van der Waals surface area contributed by atoms with Crippen LogP contribution in [0.1, 0.15) is 35.8 Å². The van der Waals surface area contributed by atoms with Crippen LogP contribution in [0.4, 0.5) is 11.6 Å². The van der Waals surface area contributed by atoms with Crippen LogP contribution in [0.3, 0.4) is 0 Å². The van der Waals surface area contributed by atoms with Crippen molar-refractivity contribution in [3.8, 4) is 0 Å². The minimum atomic E-state index is -0.546. The molecule has 0 saturated heterocycles. The van der Waals surface area contributed by atoms with Crippen LogP contribution in [0.15, 0.2) is 30.7 Å². The Bertz CT molecular complexity index is 866. The highest BCUT2D eigenvalue weighted by molar-refractivity contribution is 5.92. The summed E-state index contributed by atoms with van der Waals surface area (Å²) in [4.78, 5) is 19.3. The number of hydrogen-bond donors (Lipinski definition) is 2. The first-order chi connectivity index (χ1) is 11.0. The van der Waals surface area contributed by atoms with Crippen LogP contribution < -0.4 is 11.1 Å². The van der Waals surface area contributed by atoms with E-state index in [9.17, 15) is 4.79 Å². The van der Waals surface area contributed by atoms with Crippen molar-refractivity contribution in [2.45, 2.75) is 26.8 Å². The van der Waals surface area contributed by atoms with Crippen LogP contribution in [-0.2, 0) is 0 Å². The molecule has 118 valence electrons. The number of nitrogens with zero attached hydrogens (tertiary/aromatic N) is 4. The van der Waals surface area contributed by atoms with Crippen LogP contribution in [0.5, 0.6) is 0 Å². The minimum Gasteiger partial charge on any atom is -0.366 e. The molecule has 0 aliphatic rings. The topological polar surface area (TPSA) is 98.7 Å². The highest BCUT2D eigenvalue weighted by atomic mass is 16.1. The van der Waals surface area contributed by atoms with Crippen molar-refractivity contribution in [1.82, 2.24) is 19.7 Å². The lowest BCUT2D eigenvalue weighted by Gasteiger charge is -2.11. The highest BCUT2D eigenvalue weighted by Gasteiger charge is 2.10. The molecule has 1 aromatic carbocycles. The highest BCUT2D eigenvalue weighted by Crippen LogP contribution is 2.26. The average molecular weight is 310 g/mol. The van der Waals surface area contributed by atoms with E-state index in [0.717, 1.165) is 22.2 Å². The third-order valence-corrected chi connectivity index (χ3v) is 3.61. The molecule has 0 fully saturated rings. The second kappa shape index (κ2) is 5.68. The third-order valence-electron chi connectivity index (χ3n) is 3.61. The summed E-state index contributed by atoms with van der Waals surface area (Å²) in [5.74, 6) is -0.136. The lowest BCUT2D eigenvalue weighted by atomic mass is 10.1. The summed E-state index contributed by atoms with van der Waals surface area (Å²) in [5.41, 5.74) is 8.46. The Kier molecular flexibility index (Phi) is 3.69. The molecule has 3 aromatic rings. The van der Waals surface area contributed by atoms with E-state index in [1.165, 1.54) is 12.4 Å². The van der Waals surface area contributed by atoms with E-state index in [1.807, 2.05) is 23.9 Å². The fourth-order valence-corrected chi connectivity index (χ4v) is 2.39. The van der Waals surface area contributed by atoms with Gasteiger partial charge in [0.2, 0.25) is 5.95 Å². The predicted molar refractivity (Wildman–Crippen MR) is 88.7 cm³/mol. The summed E-state index contributed by atoms with van der Waals surface area (Å²) in [5, 5.41) is 8.68. The first-order valence-electron chi connectivity index (χ1n) is 7.32. The van der Waals surface area contributed by atoms with Gasteiger partial charge in [0.05, 0.1) is 17.3 Å². The van der Waals surface area contributed by atoms with E-state index in [1.54, 1.807) is 0 Å². The van der Waals surface area contributed by atoms with Gasteiger partial charge in [-0.1, -0.05) is 0 Å². The first-order valence-corrected chi connectivity index (χ1v) is 7.32. The summed E-state index contributed by atoms with van der Waals surface area (Å²) in [7, 11) is 0. The number of anilines is 2. The van der Waals surface area contributed by atoms with Crippen LogP contribution in [0.25, 0.3) is 10.9 Å². The van der Waals surface area contributed by atoms with Crippen LogP contribution in [-0.4, -0.2) is 25.7 Å². The maximum Gasteiger partial charge on any atom is 0.251 e. The van der Waals surface area contributed by atoms with E-state index >= 15 is 0 Å². The van der Waals surface area contributed by atoms with Crippen molar-refractivity contribution in [2.24, 2.45) is 5.73 Å². The number of amides is 1. The maximum atomic E-state index is 11.1. The zero-order chi connectivity index (χ0) is 16.6. The van der Waals surface area contributed by atoms with Gasteiger partial charge in [0.25, 0.3) is 5.91 Å². The fourth-order valence-electron chi connectivity index (χ4n) is 2.39. The zero-order valence-corrected chi connectivity index (χ0v) is 13.2. The molecule has 0 spiro atoms. The van der Waals surface area contributed by atoms with Crippen LogP contribution in [0.2, 0.25) is 0 Å². The molecule has 1 amide bonds. The lowest BCUT2D eigenvalue weighted by Crippen LogP contribution is -2.12. The quantitative estimate of drug-likeness (QED) is 0.771. The van der Waals surface area contributed by atoms with Gasteiger partial charge in [-0.05, 0) is 38.5 Å². The molecule has 2 heterocycles. The molecule has 7 heteroatoms. The molecule has 2 aromatic heterocycles. The Labute approximate surface area is 133 Å². The monoisotopic (exact) mass is 310 g/mol. The van der Waals surface area contributed by atoms with Gasteiger partial charge in [-0.15, -0.1) is 0 Å². The summed E-state index contributed by atoms with van der Waals surface area (Å²) < 4.78 is 1.97. The number of fused-ring (bicyclic) bond motifs is 1. The average Bonchev–Trinajstić information content (AvgIpc) is 2.91. The molecule has 0 saturated carbocycles. The molecule has 0 unspecified atom stereocenters. The van der Waals surface area contributed by atoms with E-state index in [0.29, 0.717) is 5.95 Å². The molecule has 3 N–H and O–H groups in total. The third kappa shape index (κ3) is 2.85. The lowest BCUT2D eigenvalue weighted by molar-refractivity contribution is 0.0999. The first kappa shape index (κ1) is 15.0. The largest absolute Gasteiger partial charge is 0.366 e. The Hall–Kier alpha value is -2.96. The second-order valence-electron chi connectivity index (χ2n) is 5.69.